The molecule has 1 aliphatic heterocycles. The molecule has 7 heteroatoms. The quantitative estimate of drug-likeness (QED) is 0.803. The first-order chi connectivity index (χ1) is 9.04. The fourth-order valence-electron chi connectivity index (χ4n) is 2.50. The van der Waals surface area contributed by atoms with Gasteiger partial charge in [-0.15, -0.1) is 0 Å². The van der Waals surface area contributed by atoms with Crippen molar-refractivity contribution >= 4 is 11.6 Å². The highest BCUT2D eigenvalue weighted by molar-refractivity contribution is 5.86. The van der Waals surface area contributed by atoms with Crippen LogP contribution in [0.2, 0.25) is 0 Å². The van der Waals surface area contributed by atoms with Crippen molar-refractivity contribution in [1.29, 1.82) is 0 Å². The molecule has 0 radical (unpaired) electrons. The maximum atomic E-state index is 12.0. The number of aromatic carboxylic acids is 1. The summed E-state index contributed by atoms with van der Waals surface area (Å²) in [6.45, 7) is 1.86. The molecule has 0 saturated carbocycles. The third-order valence-electron chi connectivity index (χ3n) is 3.51. The van der Waals surface area contributed by atoms with Gasteiger partial charge in [-0.25, -0.2) is 14.3 Å². The van der Waals surface area contributed by atoms with Gasteiger partial charge in [-0.3, -0.25) is 9.89 Å². The molecule has 1 aliphatic rings. The summed E-state index contributed by atoms with van der Waals surface area (Å²) >= 11 is 0. The van der Waals surface area contributed by atoms with E-state index in [4.69, 9.17) is 5.11 Å². The van der Waals surface area contributed by atoms with Crippen LogP contribution in [0.15, 0.2) is 16.9 Å². The Morgan fingerprint density at radius 2 is 2.32 bits per heavy atom. The highest BCUT2D eigenvalue weighted by atomic mass is 16.4. The van der Waals surface area contributed by atoms with E-state index in [0.29, 0.717) is 5.65 Å². The minimum absolute atomic E-state index is 0.0368. The van der Waals surface area contributed by atoms with E-state index in [9.17, 15) is 9.59 Å². The van der Waals surface area contributed by atoms with Crippen molar-refractivity contribution < 1.29 is 9.90 Å². The molecular formula is C12H14N4O3. The molecule has 0 bridgehead atoms. The summed E-state index contributed by atoms with van der Waals surface area (Å²) in [5.74, 6) is -0.863. The first-order valence-corrected chi connectivity index (χ1v) is 6.09. The monoisotopic (exact) mass is 262 g/mol. The molecule has 0 spiro atoms. The van der Waals surface area contributed by atoms with Gasteiger partial charge in [0.25, 0.3) is 5.56 Å². The first kappa shape index (κ1) is 11.9. The number of hydrogen-bond acceptors (Lipinski definition) is 4. The molecule has 1 fully saturated rings. The van der Waals surface area contributed by atoms with Crippen LogP contribution in [0.25, 0.3) is 5.65 Å². The van der Waals surface area contributed by atoms with Gasteiger partial charge >= 0.3 is 5.97 Å². The van der Waals surface area contributed by atoms with E-state index in [1.54, 1.807) is 0 Å². The predicted octanol–water partition coefficient (Wildman–Crippen LogP) is 0.140. The van der Waals surface area contributed by atoms with E-state index in [1.807, 2.05) is 7.05 Å². The van der Waals surface area contributed by atoms with Gasteiger partial charge in [0.1, 0.15) is 5.69 Å². The van der Waals surface area contributed by atoms with E-state index in [2.05, 4.69) is 15.0 Å². The van der Waals surface area contributed by atoms with Crippen molar-refractivity contribution in [3.8, 4) is 0 Å². The summed E-state index contributed by atoms with van der Waals surface area (Å²) in [5.41, 5.74) is 0.784. The molecule has 100 valence electrons. The average Bonchev–Trinajstić information content (AvgIpc) is 2.95. The van der Waals surface area contributed by atoms with Crippen LogP contribution < -0.4 is 5.56 Å². The molecular weight excluding hydrogens is 248 g/mol. The lowest BCUT2D eigenvalue weighted by molar-refractivity contribution is 0.0690. The number of fused-ring (bicyclic) bond motifs is 1. The highest BCUT2D eigenvalue weighted by Crippen LogP contribution is 2.24. The number of rotatable bonds is 2. The SMILES string of the molecule is CN1CCC(c2cc(=O)n3[nH]c(C(=O)O)cc3n2)C1. The third kappa shape index (κ3) is 2.01. The molecule has 3 rings (SSSR count). The van der Waals surface area contributed by atoms with Crippen molar-refractivity contribution in [1.82, 2.24) is 19.5 Å². The number of likely N-dealkylation sites (N-methyl/N-ethyl adjacent to an activating group) is 1. The standard InChI is InChI=1S/C12H14N4O3/c1-15-3-2-7(6-15)8-5-11(17)16-10(13-8)4-9(14-16)12(18)19/h4-5,7,14H,2-3,6H2,1H3,(H,18,19). The lowest BCUT2D eigenvalue weighted by atomic mass is 10.1. The maximum Gasteiger partial charge on any atom is 0.353 e. The lowest BCUT2D eigenvalue weighted by Gasteiger charge is -2.09. The van der Waals surface area contributed by atoms with Gasteiger partial charge in [0.05, 0.1) is 5.69 Å². The Kier molecular flexibility index (Phi) is 2.63. The Balaban J connectivity index is 2.08. The van der Waals surface area contributed by atoms with E-state index in [0.717, 1.165) is 29.7 Å². The number of carboxylic acid groups (broad SMARTS) is 1. The Morgan fingerprint density at radius 1 is 1.53 bits per heavy atom. The summed E-state index contributed by atoms with van der Waals surface area (Å²) in [6, 6.07) is 2.87. The zero-order valence-corrected chi connectivity index (χ0v) is 10.5. The maximum absolute atomic E-state index is 12.0. The third-order valence-corrected chi connectivity index (χ3v) is 3.51. The van der Waals surface area contributed by atoms with Gasteiger partial charge in [0.2, 0.25) is 0 Å². The molecule has 0 aliphatic carbocycles. The van der Waals surface area contributed by atoms with Crippen molar-refractivity contribution in [2.75, 3.05) is 20.1 Å². The van der Waals surface area contributed by atoms with Crippen molar-refractivity contribution in [2.24, 2.45) is 0 Å². The van der Waals surface area contributed by atoms with Crippen LogP contribution in [0.5, 0.6) is 0 Å². The minimum Gasteiger partial charge on any atom is -0.477 e. The molecule has 0 aromatic carbocycles. The van der Waals surface area contributed by atoms with Gasteiger partial charge in [-0.05, 0) is 20.0 Å². The topological polar surface area (TPSA) is 90.7 Å². The molecule has 7 nitrogen and oxygen atoms in total. The molecule has 1 unspecified atom stereocenters. The van der Waals surface area contributed by atoms with Gasteiger partial charge in [0, 0.05) is 24.6 Å². The molecule has 1 saturated heterocycles. The number of H-pyrrole nitrogens is 1. The summed E-state index contributed by atoms with van der Waals surface area (Å²) < 4.78 is 1.16. The van der Waals surface area contributed by atoms with E-state index in [-0.39, 0.29) is 17.2 Å². The second kappa shape index (κ2) is 4.20. The second-order valence-corrected chi connectivity index (χ2v) is 4.94. The van der Waals surface area contributed by atoms with Gasteiger partial charge in [-0.1, -0.05) is 0 Å². The summed E-state index contributed by atoms with van der Waals surface area (Å²) in [5, 5.41) is 11.4. The Bertz CT molecular complexity index is 703. The Hall–Kier alpha value is -2.15. The zero-order chi connectivity index (χ0) is 13.6. The number of nitrogens with one attached hydrogen (secondary N) is 1. The number of aromatic nitrogens is 3. The lowest BCUT2D eigenvalue weighted by Crippen LogP contribution is -2.19. The second-order valence-electron chi connectivity index (χ2n) is 4.94. The number of aromatic amines is 1. The Labute approximate surface area is 108 Å². The summed E-state index contributed by atoms with van der Waals surface area (Å²) in [6.07, 6.45) is 0.968. The molecule has 19 heavy (non-hydrogen) atoms. The molecule has 2 aromatic heterocycles. The van der Waals surface area contributed by atoms with Crippen LogP contribution in [-0.2, 0) is 0 Å². The van der Waals surface area contributed by atoms with Crippen LogP contribution in [0.3, 0.4) is 0 Å². The first-order valence-electron chi connectivity index (χ1n) is 6.09. The Morgan fingerprint density at radius 3 is 2.95 bits per heavy atom. The van der Waals surface area contributed by atoms with Gasteiger partial charge < -0.3 is 10.0 Å². The minimum atomic E-state index is -1.10. The van der Waals surface area contributed by atoms with Gasteiger partial charge in [0.15, 0.2) is 5.65 Å². The van der Waals surface area contributed by atoms with Gasteiger partial charge in [-0.2, -0.15) is 0 Å². The van der Waals surface area contributed by atoms with E-state index < -0.39 is 5.97 Å². The van der Waals surface area contributed by atoms with E-state index >= 15 is 0 Å². The van der Waals surface area contributed by atoms with Crippen molar-refractivity contribution in [2.45, 2.75) is 12.3 Å². The van der Waals surface area contributed by atoms with Crippen LogP contribution in [0.1, 0.15) is 28.5 Å². The highest BCUT2D eigenvalue weighted by Gasteiger charge is 2.23. The fraction of sp³-hybridized carbons (Fsp3) is 0.417. The van der Waals surface area contributed by atoms with E-state index in [1.165, 1.54) is 12.1 Å². The number of hydrogen-bond donors (Lipinski definition) is 2. The molecule has 1 atom stereocenters. The largest absolute Gasteiger partial charge is 0.477 e. The number of carboxylic acids is 1. The number of carbonyl (C=O) groups is 1. The average molecular weight is 262 g/mol. The molecule has 3 heterocycles. The molecule has 2 N–H and O–H groups in total. The van der Waals surface area contributed by atoms with Crippen molar-refractivity contribution in [3.63, 3.8) is 0 Å². The van der Waals surface area contributed by atoms with Crippen molar-refractivity contribution in [3.05, 3.63) is 33.9 Å². The molecule has 0 amide bonds. The number of nitrogens with zero attached hydrogens (tertiary/aromatic N) is 3. The van der Waals surface area contributed by atoms with Crippen LogP contribution in [0.4, 0.5) is 0 Å². The predicted molar refractivity (Wildman–Crippen MR) is 67.6 cm³/mol. The normalized spacial score (nSPS) is 20.2. The smallest absolute Gasteiger partial charge is 0.353 e. The zero-order valence-electron chi connectivity index (χ0n) is 10.5. The number of likely N-dealkylation sites (tertiary alicyclic amines) is 1. The van der Waals surface area contributed by atoms with Crippen LogP contribution in [0, 0.1) is 0 Å². The molecule has 2 aromatic rings. The van der Waals surface area contributed by atoms with Crippen LogP contribution in [-0.4, -0.2) is 50.7 Å². The summed E-state index contributed by atoms with van der Waals surface area (Å²) in [7, 11) is 2.03. The fourth-order valence-corrected chi connectivity index (χ4v) is 2.50. The van der Waals surface area contributed by atoms with Crippen LogP contribution >= 0.6 is 0 Å². The summed E-state index contributed by atoms with van der Waals surface area (Å²) in [4.78, 5) is 29.4.